The molecule has 0 amide bonds. The van der Waals surface area contributed by atoms with Gasteiger partial charge in [-0.1, -0.05) is 43.3 Å². The molecule has 0 radical (unpaired) electrons. The molecule has 0 aromatic heterocycles. The van der Waals surface area contributed by atoms with E-state index in [1.54, 1.807) is 18.2 Å². The Morgan fingerprint density at radius 1 is 1.10 bits per heavy atom. The Morgan fingerprint density at radius 2 is 1.80 bits per heavy atom. The molecule has 1 N–H and O–H groups in total. The van der Waals surface area contributed by atoms with Gasteiger partial charge in [-0.25, -0.2) is 4.39 Å². The zero-order chi connectivity index (χ0) is 14.4. The van der Waals surface area contributed by atoms with Crippen LogP contribution in [-0.4, -0.2) is 13.2 Å². The molecule has 2 aromatic rings. The van der Waals surface area contributed by atoms with Crippen LogP contribution in [0.4, 0.5) is 4.39 Å². The third-order valence-electron chi connectivity index (χ3n) is 3.26. The first-order valence-corrected chi connectivity index (χ1v) is 6.88. The number of benzene rings is 2. The van der Waals surface area contributed by atoms with Crippen LogP contribution in [0.25, 0.3) is 0 Å². The van der Waals surface area contributed by atoms with E-state index in [0.29, 0.717) is 12.4 Å². The largest absolute Gasteiger partial charge is 0.489 e. The minimum Gasteiger partial charge on any atom is -0.489 e. The number of rotatable bonds is 6. The third-order valence-corrected chi connectivity index (χ3v) is 3.26. The Kier molecular flexibility index (Phi) is 5.13. The van der Waals surface area contributed by atoms with Crippen molar-refractivity contribution in [2.45, 2.75) is 19.9 Å². The number of ether oxygens (including phenoxy) is 1. The predicted octanol–water partition coefficient (Wildman–Crippen LogP) is 3.86. The summed E-state index contributed by atoms with van der Waals surface area (Å²) < 4.78 is 19.2. The molecule has 3 heteroatoms. The second-order valence-corrected chi connectivity index (χ2v) is 4.71. The van der Waals surface area contributed by atoms with Crippen molar-refractivity contribution >= 4 is 0 Å². The standard InChI is InChI=1S/C17H20FNO/c1-3-19-16(14-9-5-4-8-13(14)2)12-20-17-11-7-6-10-15(17)18/h4-11,16,19H,3,12H2,1-2H3. The van der Waals surface area contributed by atoms with Crippen molar-refractivity contribution in [1.29, 1.82) is 0 Å². The molecule has 0 fully saturated rings. The average molecular weight is 273 g/mol. The van der Waals surface area contributed by atoms with Gasteiger partial charge in [0.05, 0.1) is 6.04 Å². The van der Waals surface area contributed by atoms with Crippen LogP contribution in [0.1, 0.15) is 24.1 Å². The summed E-state index contributed by atoms with van der Waals surface area (Å²) in [4.78, 5) is 0. The monoisotopic (exact) mass is 273 g/mol. The molecule has 2 rings (SSSR count). The van der Waals surface area contributed by atoms with Crippen LogP contribution in [0.5, 0.6) is 5.75 Å². The van der Waals surface area contributed by atoms with Crippen molar-refractivity contribution in [2.75, 3.05) is 13.2 Å². The molecule has 1 atom stereocenters. The van der Waals surface area contributed by atoms with E-state index in [9.17, 15) is 4.39 Å². The van der Waals surface area contributed by atoms with Gasteiger partial charge in [-0.3, -0.25) is 0 Å². The fourth-order valence-corrected chi connectivity index (χ4v) is 2.22. The zero-order valence-electron chi connectivity index (χ0n) is 11.9. The Labute approximate surface area is 119 Å². The van der Waals surface area contributed by atoms with E-state index < -0.39 is 0 Å². The van der Waals surface area contributed by atoms with Crippen LogP contribution in [0, 0.1) is 12.7 Å². The number of aryl methyl sites for hydroxylation is 1. The summed E-state index contributed by atoms with van der Waals surface area (Å²) in [5.74, 6) is -0.0310. The van der Waals surface area contributed by atoms with Crippen molar-refractivity contribution in [1.82, 2.24) is 5.32 Å². The second-order valence-electron chi connectivity index (χ2n) is 4.71. The molecule has 0 aliphatic rings. The SMILES string of the molecule is CCNC(COc1ccccc1F)c1ccccc1C. The number of hydrogen-bond acceptors (Lipinski definition) is 2. The van der Waals surface area contributed by atoms with Crippen molar-refractivity contribution < 1.29 is 9.13 Å². The number of likely N-dealkylation sites (N-methyl/N-ethyl adjacent to an activating group) is 1. The molecular formula is C17H20FNO. The van der Waals surface area contributed by atoms with Crippen molar-refractivity contribution in [3.8, 4) is 5.75 Å². The maximum absolute atomic E-state index is 13.6. The van der Waals surface area contributed by atoms with E-state index in [4.69, 9.17) is 4.74 Å². The lowest BCUT2D eigenvalue weighted by Crippen LogP contribution is -2.27. The Morgan fingerprint density at radius 3 is 2.50 bits per heavy atom. The molecule has 0 saturated heterocycles. The fraction of sp³-hybridized carbons (Fsp3) is 0.294. The summed E-state index contributed by atoms with van der Waals surface area (Å²) in [6, 6.07) is 14.7. The highest BCUT2D eigenvalue weighted by Gasteiger charge is 2.14. The Bertz CT molecular complexity index is 556. The summed E-state index contributed by atoms with van der Waals surface area (Å²) >= 11 is 0. The van der Waals surface area contributed by atoms with Gasteiger partial charge in [0, 0.05) is 0 Å². The van der Waals surface area contributed by atoms with E-state index >= 15 is 0 Å². The lowest BCUT2D eigenvalue weighted by Gasteiger charge is -2.21. The molecule has 0 aliphatic heterocycles. The molecule has 0 heterocycles. The number of nitrogens with one attached hydrogen (secondary N) is 1. The summed E-state index contributed by atoms with van der Waals surface area (Å²) in [6.07, 6.45) is 0. The van der Waals surface area contributed by atoms with Crippen LogP contribution >= 0.6 is 0 Å². The van der Waals surface area contributed by atoms with Gasteiger partial charge in [-0.15, -0.1) is 0 Å². The zero-order valence-corrected chi connectivity index (χ0v) is 11.9. The molecule has 20 heavy (non-hydrogen) atoms. The van der Waals surface area contributed by atoms with Gasteiger partial charge in [0.15, 0.2) is 11.6 Å². The second kappa shape index (κ2) is 7.06. The molecule has 0 spiro atoms. The molecule has 0 aliphatic carbocycles. The third kappa shape index (κ3) is 3.58. The van der Waals surface area contributed by atoms with Gasteiger partial charge in [0.2, 0.25) is 0 Å². The fourth-order valence-electron chi connectivity index (χ4n) is 2.22. The van der Waals surface area contributed by atoms with Gasteiger partial charge in [-0.05, 0) is 36.7 Å². The number of hydrogen-bond donors (Lipinski definition) is 1. The van der Waals surface area contributed by atoms with Gasteiger partial charge < -0.3 is 10.1 Å². The lowest BCUT2D eigenvalue weighted by atomic mass is 10.0. The van der Waals surface area contributed by atoms with E-state index in [2.05, 4.69) is 24.4 Å². The van der Waals surface area contributed by atoms with Crippen LogP contribution < -0.4 is 10.1 Å². The van der Waals surface area contributed by atoms with Gasteiger partial charge in [0.1, 0.15) is 6.61 Å². The molecule has 0 saturated carbocycles. The van der Waals surface area contributed by atoms with Gasteiger partial charge >= 0.3 is 0 Å². The Balaban J connectivity index is 2.11. The van der Waals surface area contributed by atoms with E-state index in [1.165, 1.54) is 17.2 Å². The predicted molar refractivity (Wildman–Crippen MR) is 79.5 cm³/mol. The van der Waals surface area contributed by atoms with E-state index in [-0.39, 0.29) is 11.9 Å². The smallest absolute Gasteiger partial charge is 0.165 e. The van der Waals surface area contributed by atoms with Crippen LogP contribution in [0.3, 0.4) is 0 Å². The highest BCUT2D eigenvalue weighted by atomic mass is 19.1. The summed E-state index contributed by atoms with van der Waals surface area (Å²) in [5, 5.41) is 3.38. The molecular weight excluding hydrogens is 253 g/mol. The number of para-hydroxylation sites is 1. The highest BCUT2D eigenvalue weighted by molar-refractivity contribution is 5.29. The first-order chi connectivity index (χ1) is 9.72. The molecule has 2 aromatic carbocycles. The maximum atomic E-state index is 13.6. The van der Waals surface area contributed by atoms with Crippen LogP contribution in [0.2, 0.25) is 0 Å². The first-order valence-electron chi connectivity index (χ1n) is 6.88. The van der Waals surface area contributed by atoms with Crippen molar-refractivity contribution in [3.63, 3.8) is 0 Å². The first kappa shape index (κ1) is 14.5. The molecule has 2 nitrogen and oxygen atoms in total. The van der Waals surface area contributed by atoms with Crippen LogP contribution in [0.15, 0.2) is 48.5 Å². The molecule has 0 bridgehead atoms. The molecule has 1 unspecified atom stereocenters. The van der Waals surface area contributed by atoms with Crippen LogP contribution in [-0.2, 0) is 0 Å². The molecule has 106 valence electrons. The quantitative estimate of drug-likeness (QED) is 0.862. The normalized spacial score (nSPS) is 12.2. The van der Waals surface area contributed by atoms with Gasteiger partial charge in [0.25, 0.3) is 0 Å². The maximum Gasteiger partial charge on any atom is 0.165 e. The average Bonchev–Trinajstić information content (AvgIpc) is 2.46. The summed E-state index contributed by atoms with van der Waals surface area (Å²) in [5.41, 5.74) is 2.39. The van der Waals surface area contributed by atoms with E-state index in [1.807, 2.05) is 19.1 Å². The van der Waals surface area contributed by atoms with Crippen molar-refractivity contribution in [3.05, 3.63) is 65.5 Å². The summed E-state index contributed by atoms with van der Waals surface area (Å²) in [6.45, 7) is 5.36. The number of halogens is 1. The highest BCUT2D eigenvalue weighted by Crippen LogP contribution is 2.21. The van der Waals surface area contributed by atoms with Crippen molar-refractivity contribution in [2.24, 2.45) is 0 Å². The van der Waals surface area contributed by atoms with Gasteiger partial charge in [-0.2, -0.15) is 0 Å². The van der Waals surface area contributed by atoms with E-state index in [0.717, 1.165) is 6.54 Å². The lowest BCUT2D eigenvalue weighted by molar-refractivity contribution is 0.257. The Hall–Kier alpha value is -1.87. The topological polar surface area (TPSA) is 21.3 Å². The summed E-state index contributed by atoms with van der Waals surface area (Å²) in [7, 11) is 0. The minimum absolute atomic E-state index is 0.0563. The minimum atomic E-state index is -0.326.